The standard InChI is InChI=1S/C21H19ClFN5O3S2/c1-11-20(12(2)27(3)25-11)13-7-19(32-10-13)17-9-18(28(4)33(30,31)26-17)21(29)24-14-5-6-16(23)15(22)8-14/h5-10H,1-4H3,(H,24,29). The fraction of sp³-hybridized carbons (Fsp3) is 0.190. The topological polar surface area (TPSA) is 96.7 Å². The number of anilines is 1. The fourth-order valence-corrected chi connectivity index (χ4v) is 5.45. The highest BCUT2D eigenvalue weighted by Crippen LogP contribution is 2.32. The molecule has 1 aromatic carbocycles. The molecular formula is C21H19ClFN5O3S2. The maximum absolute atomic E-state index is 13.4. The Bertz CT molecular complexity index is 1460. The quantitative estimate of drug-likeness (QED) is 0.576. The molecule has 1 amide bonds. The van der Waals surface area contributed by atoms with Gasteiger partial charge in [0.15, 0.2) is 0 Å². The molecule has 3 heterocycles. The van der Waals surface area contributed by atoms with Crippen LogP contribution in [0.1, 0.15) is 16.3 Å². The molecule has 0 spiro atoms. The molecule has 0 unspecified atom stereocenters. The van der Waals surface area contributed by atoms with E-state index in [-0.39, 0.29) is 22.1 Å². The lowest BCUT2D eigenvalue weighted by molar-refractivity contribution is -0.113. The molecule has 8 nitrogen and oxygen atoms in total. The number of hydrogen-bond donors (Lipinski definition) is 1. The molecule has 0 bridgehead atoms. The molecule has 172 valence electrons. The van der Waals surface area contributed by atoms with Crippen LogP contribution < -0.4 is 5.32 Å². The van der Waals surface area contributed by atoms with Crippen molar-refractivity contribution in [2.45, 2.75) is 13.8 Å². The van der Waals surface area contributed by atoms with Gasteiger partial charge in [0.1, 0.15) is 11.5 Å². The van der Waals surface area contributed by atoms with Crippen molar-refractivity contribution in [1.29, 1.82) is 0 Å². The van der Waals surface area contributed by atoms with E-state index in [1.807, 2.05) is 32.3 Å². The number of aromatic nitrogens is 2. The first kappa shape index (κ1) is 23.1. The van der Waals surface area contributed by atoms with Crippen LogP contribution in [0.4, 0.5) is 10.1 Å². The second kappa shape index (κ2) is 8.40. The van der Waals surface area contributed by atoms with Crippen LogP contribution in [0.2, 0.25) is 5.02 Å². The van der Waals surface area contributed by atoms with Gasteiger partial charge in [0, 0.05) is 31.0 Å². The molecule has 2 aromatic heterocycles. The lowest BCUT2D eigenvalue weighted by Crippen LogP contribution is -2.35. The monoisotopic (exact) mass is 507 g/mol. The van der Waals surface area contributed by atoms with Crippen LogP contribution in [-0.4, -0.2) is 41.2 Å². The lowest BCUT2D eigenvalue weighted by atomic mass is 10.1. The van der Waals surface area contributed by atoms with Crippen LogP contribution in [0.5, 0.6) is 0 Å². The molecule has 0 aliphatic carbocycles. The van der Waals surface area contributed by atoms with Crippen LogP contribution >= 0.6 is 22.9 Å². The van der Waals surface area contributed by atoms with E-state index in [1.54, 1.807) is 4.68 Å². The number of amides is 1. The maximum Gasteiger partial charge on any atom is 0.345 e. The SMILES string of the molecule is Cc1nn(C)c(C)c1-c1csc(C2=NS(=O)(=O)N(C)C(C(=O)Nc3ccc(F)c(Cl)c3)=C2)c1. The summed E-state index contributed by atoms with van der Waals surface area (Å²) in [7, 11) is -1.04. The minimum Gasteiger partial charge on any atom is -0.321 e. The third-order valence-corrected chi connectivity index (χ3v) is 7.79. The van der Waals surface area contributed by atoms with Crippen molar-refractivity contribution < 1.29 is 17.6 Å². The zero-order valence-corrected chi connectivity index (χ0v) is 20.4. The number of benzene rings is 1. The second-order valence-electron chi connectivity index (χ2n) is 7.40. The molecule has 0 radical (unpaired) electrons. The first-order valence-corrected chi connectivity index (χ1v) is 12.3. The fourth-order valence-electron chi connectivity index (χ4n) is 3.44. The van der Waals surface area contributed by atoms with Crippen molar-refractivity contribution in [1.82, 2.24) is 14.1 Å². The Morgan fingerprint density at radius 2 is 1.94 bits per heavy atom. The van der Waals surface area contributed by atoms with Crippen LogP contribution in [0.3, 0.4) is 0 Å². The van der Waals surface area contributed by atoms with Gasteiger partial charge >= 0.3 is 10.2 Å². The van der Waals surface area contributed by atoms with Crippen LogP contribution in [0.15, 0.2) is 45.8 Å². The summed E-state index contributed by atoms with van der Waals surface area (Å²) >= 11 is 7.08. The minimum atomic E-state index is -4.13. The molecule has 0 saturated carbocycles. The Labute approximate surface area is 199 Å². The van der Waals surface area contributed by atoms with Crippen molar-refractivity contribution in [3.8, 4) is 11.1 Å². The van der Waals surface area contributed by atoms with Crippen LogP contribution in [0.25, 0.3) is 11.1 Å². The number of hydrogen-bond acceptors (Lipinski definition) is 5. The average Bonchev–Trinajstić information content (AvgIpc) is 3.31. The van der Waals surface area contributed by atoms with Gasteiger partial charge in [-0.15, -0.1) is 15.7 Å². The third kappa shape index (κ3) is 4.31. The lowest BCUT2D eigenvalue weighted by Gasteiger charge is -2.23. The number of likely N-dealkylation sites (N-methyl/N-ethyl adjacent to an activating group) is 1. The van der Waals surface area contributed by atoms with Gasteiger partial charge in [-0.3, -0.25) is 9.48 Å². The molecule has 12 heteroatoms. The van der Waals surface area contributed by atoms with Gasteiger partial charge in [-0.25, -0.2) is 8.70 Å². The summed E-state index contributed by atoms with van der Waals surface area (Å²) in [5.41, 5.74) is 3.91. The number of aryl methyl sites for hydroxylation is 2. The van der Waals surface area contributed by atoms with Crippen molar-refractivity contribution in [3.63, 3.8) is 0 Å². The van der Waals surface area contributed by atoms with Crippen molar-refractivity contribution in [2.75, 3.05) is 12.4 Å². The van der Waals surface area contributed by atoms with E-state index in [4.69, 9.17) is 11.6 Å². The van der Waals surface area contributed by atoms with Gasteiger partial charge in [-0.05, 0) is 55.1 Å². The molecule has 1 aliphatic rings. The first-order valence-electron chi connectivity index (χ1n) is 9.64. The summed E-state index contributed by atoms with van der Waals surface area (Å²) in [5, 5.41) is 8.69. The van der Waals surface area contributed by atoms with E-state index in [1.165, 1.54) is 36.6 Å². The minimum absolute atomic E-state index is 0.135. The first-order chi connectivity index (χ1) is 15.5. The van der Waals surface area contributed by atoms with Gasteiger partial charge in [0.05, 0.1) is 21.3 Å². The van der Waals surface area contributed by atoms with Crippen LogP contribution in [0, 0.1) is 19.7 Å². The largest absolute Gasteiger partial charge is 0.345 e. The van der Waals surface area contributed by atoms with E-state index in [9.17, 15) is 17.6 Å². The Kier molecular flexibility index (Phi) is 5.89. The molecule has 3 aromatic rings. The van der Waals surface area contributed by atoms with E-state index >= 15 is 0 Å². The van der Waals surface area contributed by atoms with Gasteiger partial charge in [0.2, 0.25) is 0 Å². The molecule has 4 rings (SSSR count). The van der Waals surface area contributed by atoms with E-state index < -0.39 is 21.9 Å². The van der Waals surface area contributed by atoms with Crippen molar-refractivity contribution in [2.24, 2.45) is 11.4 Å². The number of rotatable bonds is 4. The van der Waals surface area contributed by atoms with E-state index in [2.05, 4.69) is 14.8 Å². The molecular weight excluding hydrogens is 489 g/mol. The van der Waals surface area contributed by atoms with Gasteiger partial charge in [-0.1, -0.05) is 11.6 Å². The predicted octanol–water partition coefficient (Wildman–Crippen LogP) is 4.06. The Hall–Kier alpha value is -3.02. The number of nitrogens with one attached hydrogen (secondary N) is 1. The predicted molar refractivity (Wildman–Crippen MR) is 127 cm³/mol. The number of nitrogens with zero attached hydrogens (tertiary/aromatic N) is 4. The summed E-state index contributed by atoms with van der Waals surface area (Å²) in [6, 6.07) is 5.51. The molecule has 0 atom stereocenters. The van der Waals surface area contributed by atoms with Gasteiger partial charge < -0.3 is 5.32 Å². The average molecular weight is 508 g/mol. The normalized spacial score (nSPS) is 15.3. The number of carbonyl (C=O) groups is 1. The molecule has 1 N–H and O–H groups in total. The zero-order chi connectivity index (χ0) is 24.1. The highest BCUT2D eigenvalue weighted by molar-refractivity contribution is 7.88. The molecule has 0 saturated heterocycles. The number of halogens is 2. The van der Waals surface area contributed by atoms with E-state index in [0.717, 1.165) is 32.9 Å². The molecule has 33 heavy (non-hydrogen) atoms. The summed E-state index contributed by atoms with van der Waals surface area (Å²) in [6.07, 6.45) is 1.40. The highest BCUT2D eigenvalue weighted by Gasteiger charge is 2.31. The second-order valence-corrected chi connectivity index (χ2v) is 10.3. The summed E-state index contributed by atoms with van der Waals surface area (Å²) in [4.78, 5) is 13.5. The van der Waals surface area contributed by atoms with Crippen LogP contribution in [-0.2, 0) is 22.1 Å². The summed E-state index contributed by atoms with van der Waals surface area (Å²) in [5.74, 6) is -1.33. The van der Waals surface area contributed by atoms with Crippen molar-refractivity contribution in [3.05, 3.63) is 68.5 Å². The van der Waals surface area contributed by atoms with E-state index in [0.29, 0.717) is 4.88 Å². The Balaban J connectivity index is 1.69. The van der Waals surface area contributed by atoms with Gasteiger partial charge in [-0.2, -0.15) is 13.5 Å². The smallest absolute Gasteiger partial charge is 0.321 e. The third-order valence-electron chi connectivity index (χ3n) is 5.23. The Morgan fingerprint density at radius 1 is 1.21 bits per heavy atom. The highest BCUT2D eigenvalue weighted by atomic mass is 35.5. The summed E-state index contributed by atoms with van der Waals surface area (Å²) < 4.78 is 45.2. The van der Waals surface area contributed by atoms with Gasteiger partial charge in [0.25, 0.3) is 5.91 Å². The summed E-state index contributed by atoms with van der Waals surface area (Å²) in [6.45, 7) is 3.86. The number of carbonyl (C=O) groups excluding carboxylic acids is 1. The van der Waals surface area contributed by atoms with Crippen molar-refractivity contribution >= 4 is 50.5 Å². The molecule has 1 aliphatic heterocycles. The molecule has 0 fully saturated rings. The zero-order valence-electron chi connectivity index (χ0n) is 18.1. The maximum atomic E-state index is 13.4. The number of thiophene rings is 1. The Morgan fingerprint density at radius 3 is 2.58 bits per heavy atom. The number of allylic oxidation sites excluding steroid dienone is 1.